The van der Waals surface area contributed by atoms with Crippen molar-refractivity contribution < 1.29 is 14.0 Å². The molecular formula is C7H11O3P. The van der Waals surface area contributed by atoms with Gasteiger partial charge < -0.3 is 9.42 Å². The molecule has 0 bridgehead atoms. The molecule has 0 aromatic heterocycles. The van der Waals surface area contributed by atoms with Crippen LogP contribution >= 0.6 is 7.60 Å². The van der Waals surface area contributed by atoms with Crippen LogP contribution in [0.25, 0.3) is 0 Å². The van der Waals surface area contributed by atoms with Crippen molar-refractivity contribution in [3.05, 3.63) is 12.7 Å². The molecule has 3 nitrogen and oxygen atoms in total. The summed E-state index contributed by atoms with van der Waals surface area (Å²) >= 11 is 0. The van der Waals surface area contributed by atoms with Crippen molar-refractivity contribution in [2.75, 3.05) is 6.66 Å². The number of hydrogen-bond donors (Lipinski definition) is 1. The van der Waals surface area contributed by atoms with Gasteiger partial charge in [-0.25, -0.2) is 0 Å². The average molecular weight is 174 g/mol. The summed E-state index contributed by atoms with van der Waals surface area (Å²) in [5.74, 6) is 2.31. The molecule has 0 radical (unpaired) electrons. The lowest BCUT2D eigenvalue weighted by Gasteiger charge is -2.12. The van der Waals surface area contributed by atoms with Crippen LogP contribution in [0.5, 0.6) is 0 Å². The van der Waals surface area contributed by atoms with E-state index in [0.717, 1.165) is 6.66 Å². The number of hydrogen-bond acceptors (Lipinski definition) is 2. The van der Waals surface area contributed by atoms with E-state index >= 15 is 0 Å². The molecule has 1 N–H and O–H groups in total. The summed E-state index contributed by atoms with van der Waals surface area (Å²) in [6, 6.07) is 0. The van der Waals surface area contributed by atoms with E-state index in [2.05, 4.69) is 17.0 Å². The summed E-state index contributed by atoms with van der Waals surface area (Å²) in [5.41, 5.74) is 0. The van der Waals surface area contributed by atoms with Crippen LogP contribution in [0.3, 0.4) is 0 Å². The Morgan fingerprint density at radius 3 is 2.82 bits per heavy atom. The summed E-state index contributed by atoms with van der Waals surface area (Å²) in [6.45, 7) is 4.52. The molecule has 0 fully saturated rings. The third-order valence-corrected chi connectivity index (χ3v) is 1.57. The fourth-order valence-electron chi connectivity index (χ4n) is 0.531. The molecule has 0 heterocycles. The van der Waals surface area contributed by atoms with E-state index in [1.54, 1.807) is 0 Å². The fraction of sp³-hybridized carbons (Fsp3) is 0.429. The molecule has 0 saturated carbocycles. The third-order valence-electron chi connectivity index (χ3n) is 0.913. The van der Waals surface area contributed by atoms with Crippen LogP contribution in [0, 0.1) is 12.3 Å². The van der Waals surface area contributed by atoms with E-state index < -0.39 is 13.7 Å². The first-order chi connectivity index (χ1) is 4.99. The second kappa shape index (κ2) is 4.35. The van der Waals surface area contributed by atoms with Crippen LogP contribution in [-0.2, 0) is 9.09 Å². The zero-order valence-corrected chi connectivity index (χ0v) is 7.25. The van der Waals surface area contributed by atoms with Gasteiger partial charge in [0.1, 0.15) is 0 Å². The topological polar surface area (TPSA) is 46.5 Å². The molecule has 0 saturated heterocycles. The molecule has 2 unspecified atom stereocenters. The van der Waals surface area contributed by atoms with Crippen LogP contribution in [0.4, 0.5) is 0 Å². The minimum atomic E-state index is -3.43. The minimum Gasteiger partial charge on any atom is -0.324 e. The van der Waals surface area contributed by atoms with Gasteiger partial charge >= 0.3 is 7.60 Å². The van der Waals surface area contributed by atoms with Crippen LogP contribution in [0.1, 0.15) is 6.42 Å². The molecule has 0 spiro atoms. The molecule has 0 aromatic carbocycles. The summed E-state index contributed by atoms with van der Waals surface area (Å²) in [5, 5.41) is 0. The van der Waals surface area contributed by atoms with Crippen molar-refractivity contribution in [2.45, 2.75) is 12.5 Å². The SMILES string of the molecule is C#CCC(C=C)OP(C)(=O)O. The Bertz CT molecular complexity index is 210. The van der Waals surface area contributed by atoms with Crippen molar-refractivity contribution >= 4 is 7.60 Å². The van der Waals surface area contributed by atoms with Gasteiger partial charge in [-0.15, -0.1) is 18.9 Å². The highest BCUT2D eigenvalue weighted by Gasteiger charge is 2.15. The minimum absolute atomic E-state index is 0.266. The van der Waals surface area contributed by atoms with Gasteiger partial charge in [-0.05, 0) is 0 Å². The predicted octanol–water partition coefficient (Wildman–Crippen LogP) is 1.40. The van der Waals surface area contributed by atoms with Gasteiger partial charge in [-0.2, -0.15) is 0 Å². The van der Waals surface area contributed by atoms with Gasteiger partial charge in [0.15, 0.2) is 0 Å². The first kappa shape index (κ1) is 10.4. The van der Waals surface area contributed by atoms with Crippen molar-refractivity contribution in [2.24, 2.45) is 0 Å². The highest BCUT2D eigenvalue weighted by atomic mass is 31.2. The molecule has 0 rings (SSSR count). The van der Waals surface area contributed by atoms with E-state index in [9.17, 15) is 4.57 Å². The van der Waals surface area contributed by atoms with Gasteiger partial charge in [0.05, 0.1) is 6.10 Å². The molecule has 2 atom stereocenters. The first-order valence-electron chi connectivity index (χ1n) is 3.04. The second-order valence-corrected chi connectivity index (χ2v) is 3.91. The standard InChI is InChI=1S/C7H11O3P/c1-4-6-7(5-2)10-11(3,8)9/h1,5,7H,2,6H2,3H3,(H,8,9). The Morgan fingerprint density at radius 2 is 2.55 bits per heavy atom. The molecule has 4 heteroatoms. The van der Waals surface area contributed by atoms with E-state index in [4.69, 9.17) is 11.3 Å². The van der Waals surface area contributed by atoms with Crippen molar-refractivity contribution in [3.8, 4) is 12.3 Å². The van der Waals surface area contributed by atoms with Gasteiger partial charge in [0, 0.05) is 13.1 Å². The maximum atomic E-state index is 10.7. The molecule has 11 heavy (non-hydrogen) atoms. The molecule has 0 aliphatic rings. The second-order valence-electron chi connectivity index (χ2n) is 2.09. The average Bonchev–Trinajstić information content (AvgIpc) is 1.84. The molecule has 62 valence electrons. The van der Waals surface area contributed by atoms with E-state index in [0.29, 0.717) is 0 Å². The Kier molecular flexibility index (Phi) is 4.14. The quantitative estimate of drug-likeness (QED) is 0.398. The molecule has 0 aromatic rings. The Hall–Kier alpha value is -0.550. The van der Waals surface area contributed by atoms with Gasteiger partial charge in [0.2, 0.25) is 0 Å². The molecule has 0 aliphatic heterocycles. The Balaban J connectivity index is 4.01. The maximum absolute atomic E-state index is 10.7. The maximum Gasteiger partial charge on any atom is 0.325 e. The molecular weight excluding hydrogens is 163 g/mol. The third kappa shape index (κ3) is 5.87. The monoisotopic (exact) mass is 174 g/mol. The highest BCUT2D eigenvalue weighted by molar-refractivity contribution is 7.51. The first-order valence-corrected chi connectivity index (χ1v) is 5.06. The number of terminal acetylenes is 1. The summed E-state index contributed by atoms with van der Waals surface area (Å²) in [6.07, 6.45) is 6.12. The van der Waals surface area contributed by atoms with Gasteiger partial charge in [-0.1, -0.05) is 6.08 Å². The van der Waals surface area contributed by atoms with Crippen LogP contribution in [0.15, 0.2) is 12.7 Å². The molecule has 0 aliphatic carbocycles. The fourth-order valence-corrected chi connectivity index (χ4v) is 1.19. The highest BCUT2D eigenvalue weighted by Crippen LogP contribution is 2.38. The van der Waals surface area contributed by atoms with E-state index in [1.807, 2.05) is 0 Å². The normalized spacial score (nSPS) is 17.9. The largest absolute Gasteiger partial charge is 0.325 e. The van der Waals surface area contributed by atoms with E-state index in [1.165, 1.54) is 6.08 Å². The van der Waals surface area contributed by atoms with Crippen LogP contribution < -0.4 is 0 Å². The van der Waals surface area contributed by atoms with Crippen LogP contribution in [0.2, 0.25) is 0 Å². The zero-order chi connectivity index (χ0) is 8.91. The lowest BCUT2D eigenvalue weighted by atomic mass is 10.3. The number of rotatable bonds is 4. The predicted molar refractivity (Wildman–Crippen MR) is 44.3 cm³/mol. The van der Waals surface area contributed by atoms with Crippen molar-refractivity contribution in [1.29, 1.82) is 0 Å². The van der Waals surface area contributed by atoms with Gasteiger partial charge in [0.25, 0.3) is 0 Å². The summed E-state index contributed by atoms with van der Waals surface area (Å²) in [4.78, 5) is 8.76. The summed E-state index contributed by atoms with van der Waals surface area (Å²) in [7, 11) is -3.43. The lowest BCUT2D eigenvalue weighted by molar-refractivity contribution is 0.219. The van der Waals surface area contributed by atoms with Gasteiger partial charge in [-0.3, -0.25) is 4.57 Å². The molecule has 0 amide bonds. The van der Waals surface area contributed by atoms with Crippen molar-refractivity contribution in [1.82, 2.24) is 0 Å². The summed E-state index contributed by atoms with van der Waals surface area (Å²) < 4.78 is 15.4. The Labute approximate surface area is 66.6 Å². The van der Waals surface area contributed by atoms with E-state index in [-0.39, 0.29) is 6.42 Å². The van der Waals surface area contributed by atoms with Crippen LogP contribution in [-0.4, -0.2) is 17.7 Å². The smallest absolute Gasteiger partial charge is 0.324 e. The zero-order valence-electron chi connectivity index (χ0n) is 6.36. The van der Waals surface area contributed by atoms with Crippen molar-refractivity contribution in [3.63, 3.8) is 0 Å². The lowest BCUT2D eigenvalue weighted by Crippen LogP contribution is -2.05. The Morgan fingerprint density at radius 1 is 2.00 bits per heavy atom.